The van der Waals surface area contributed by atoms with Crippen molar-refractivity contribution in [2.45, 2.75) is 42.7 Å². The molecule has 0 amide bonds. The van der Waals surface area contributed by atoms with Gasteiger partial charge in [-0.3, -0.25) is 0 Å². The van der Waals surface area contributed by atoms with E-state index in [1.807, 2.05) is 12.1 Å². The molecule has 0 bridgehead atoms. The zero-order valence-electron chi connectivity index (χ0n) is 11.9. The van der Waals surface area contributed by atoms with Crippen molar-refractivity contribution in [1.82, 2.24) is 0 Å². The van der Waals surface area contributed by atoms with Gasteiger partial charge in [0.05, 0.1) is 12.2 Å². The Balaban J connectivity index is 1.70. The first-order chi connectivity index (χ1) is 10.2. The summed E-state index contributed by atoms with van der Waals surface area (Å²) in [7, 11) is 0. The lowest BCUT2D eigenvalue weighted by atomic mass is 9.85. The predicted octanol–water partition coefficient (Wildman–Crippen LogP) is 4.45. The van der Waals surface area contributed by atoms with Gasteiger partial charge in [-0.1, -0.05) is 31.9 Å². The zero-order valence-corrected chi connectivity index (χ0v) is 15.1. The van der Waals surface area contributed by atoms with Crippen molar-refractivity contribution in [3.63, 3.8) is 0 Å². The topological polar surface area (TPSA) is 27.7 Å². The van der Waals surface area contributed by atoms with Crippen molar-refractivity contribution < 1.29 is 14.2 Å². The Morgan fingerprint density at radius 2 is 2.05 bits per heavy atom. The average molecular weight is 420 g/mol. The standard InChI is InChI=1S/C16H20Br2O3/c17-11-12-9-13(18)1-2-15(12)21-14-3-6-20-16(10-14)4-7-19-8-5-16/h1-2,9,14H,3-8,10-11H2. The maximum Gasteiger partial charge on any atom is 0.123 e. The van der Waals surface area contributed by atoms with Gasteiger partial charge in [-0.25, -0.2) is 0 Å². The lowest BCUT2D eigenvalue weighted by molar-refractivity contribution is -0.155. The van der Waals surface area contributed by atoms with E-state index in [0.717, 1.165) is 61.1 Å². The molecule has 2 aliphatic rings. The highest BCUT2D eigenvalue weighted by molar-refractivity contribution is 9.10. The highest BCUT2D eigenvalue weighted by Crippen LogP contribution is 2.36. The summed E-state index contributed by atoms with van der Waals surface area (Å²) in [6, 6.07) is 6.19. The first-order valence-corrected chi connectivity index (χ1v) is 9.35. The average Bonchev–Trinajstić information content (AvgIpc) is 2.50. The third kappa shape index (κ3) is 3.81. The highest BCUT2D eigenvalue weighted by atomic mass is 79.9. The van der Waals surface area contributed by atoms with Gasteiger partial charge in [-0.15, -0.1) is 0 Å². The second-order valence-corrected chi connectivity index (χ2v) is 7.24. The molecule has 1 spiro atoms. The summed E-state index contributed by atoms with van der Waals surface area (Å²) in [6.45, 7) is 2.39. The minimum atomic E-state index is -0.0227. The van der Waals surface area contributed by atoms with E-state index in [-0.39, 0.29) is 11.7 Å². The van der Waals surface area contributed by atoms with Crippen LogP contribution in [0.25, 0.3) is 0 Å². The number of hydrogen-bond donors (Lipinski definition) is 0. The van der Waals surface area contributed by atoms with Gasteiger partial charge in [0, 0.05) is 41.4 Å². The van der Waals surface area contributed by atoms with Crippen molar-refractivity contribution >= 4 is 31.9 Å². The SMILES string of the molecule is BrCc1cc(Br)ccc1OC1CCOC2(CCOCC2)C1. The van der Waals surface area contributed by atoms with Gasteiger partial charge < -0.3 is 14.2 Å². The third-order valence-electron chi connectivity index (χ3n) is 4.31. The van der Waals surface area contributed by atoms with Gasteiger partial charge in [0.25, 0.3) is 0 Å². The van der Waals surface area contributed by atoms with Gasteiger partial charge in [0.15, 0.2) is 0 Å². The monoisotopic (exact) mass is 418 g/mol. The molecule has 3 rings (SSSR count). The molecule has 1 aromatic carbocycles. The maximum atomic E-state index is 6.29. The van der Waals surface area contributed by atoms with Crippen LogP contribution in [0, 0.1) is 0 Å². The predicted molar refractivity (Wildman–Crippen MR) is 89.2 cm³/mol. The van der Waals surface area contributed by atoms with E-state index in [4.69, 9.17) is 14.2 Å². The molecule has 0 radical (unpaired) electrons. The number of hydrogen-bond acceptors (Lipinski definition) is 3. The molecule has 0 aliphatic carbocycles. The fourth-order valence-corrected chi connectivity index (χ4v) is 3.97. The number of ether oxygens (including phenoxy) is 3. The second kappa shape index (κ2) is 6.99. The number of rotatable bonds is 3. The van der Waals surface area contributed by atoms with E-state index in [2.05, 4.69) is 37.9 Å². The fraction of sp³-hybridized carbons (Fsp3) is 0.625. The van der Waals surface area contributed by atoms with Crippen LogP contribution in [0.15, 0.2) is 22.7 Å². The molecule has 0 saturated carbocycles. The minimum absolute atomic E-state index is 0.0227. The van der Waals surface area contributed by atoms with Gasteiger partial charge in [-0.2, -0.15) is 0 Å². The zero-order chi connectivity index (χ0) is 14.7. The molecule has 1 unspecified atom stereocenters. The Labute approximate surface area is 142 Å². The summed E-state index contributed by atoms with van der Waals surface area (Å²) in [5.74, 6) is 0.976. The van der Waals surface area contributed by atoms with Crippen LogP contribution >= 0.6 is 31.9 Å². The van der Waals surface area contributed by atoms with Crippen LogP contribution in [0.3, 0.4) is 0 Å². The van der Waals surface area contributed by atoms with Crippen molar-refractivity contribution in [1.29, 1.82) is 0 Å². The summed E-state index contributed by atoms with van der Waals surface area (Å²) in [5, 5.41) is 0.796. The van der Waals surface area contributed by atoms with Crippen molar-refractivity contribution in [2.75, 3.05) is 19.8 Å². The van der Waals surface area contributed by atoms with Crippen LogP contribution in [-0.4, -0.2) is 31.5 Å². The molecular weight excluding hydrogens is 400 g/mol. The molecule has 2 aliphatic heterocycles. The second-order valence-electron chi connectivity index (χ2n) is 5.76. The number of alkyl halides is 1. The Hall–Kier alpha value is -0.100. The normalized spacial score (nSPS) is 25.0. The third-order valence-corrected chi connectivity index (χ3v) is 5.41. The van der Waals surface area contributed by atoms with Crippen LogP contribution in [0.4, 0.5) is 0 Å². The lowest BCUT2D eigenvalue weighted by Crippen LogP contribution is -2.47. The Kier molecular flexibility index (Phi) is 5.25. The number of benzene rings is 1. The molecule has 5 heteroatoms. The van der Waals surface area contributed by atoms with Crippen LogP contribution in [-0.2, 0) is 14.8 Å². The molecule has 2 saturated heterocycles. The summed E-state index contributed by atoms with van der Waals surface area (Å²) in [5.41, 5.74) is 1.15. The lowest BCUT2D eigenvalue weighted by Gasteiger charge is -2.43. The Morgan fingerprint density at radius 1 is 1.24 bits per heavy atom. The summed E-state index contributed by atoms with van der Waals surface area (Å²) in [4.78, 5) is 0. The smallest absolute Gasteiger partial charge is 0.123 e. The van der Waals surface area contributed by atoms with Crippen molar-refractivity contribution in [3.8, 4) is 5.75 Å². The van der Waals surface area contributed by atoms with Crippen LogP contribution in [0.1, 0.15) is 31.2 Å². The molecule has 0 N–H and O–H groups in total. The molecule has 2 heterocycles. The molecule has 2 fully saturated rings. The molecule has 0 aromatic heterocycles. The van der Waals surface area contributed by atoms with Gasteiger partial charge in [0.2, 0.25) is 0 Å². The van der Waals surface area contributed by atoms with Crippen LogP contribution in [0.5, 0.6) is 5.75 Å². The van der Waals surface area contributed by atoms with Crippen molar-refractivity contribution in [2.24, 2.45) is 0 Å². The first kappa shape index (κ1) is 15.8. The number of halogens is 2. The maximum absolute atomic E-state index is 6.29. The van der Waals surface area contributed by atoms with E-state index in [1.165, 1.54) is 5.56 Å². The van der Waals surface area contributed by atoms with Crippen LogP contribution in [0.2, 0.25) is 0 Å². The van der Waals surface area contributed by atoms with E-state index < -0.39 is 0 Å². The summed E-state index contributed by atoms with van der Waals surface area (Å²) >= 11 is 7.04. The molecular formula is C16H20Br2O3. The minimum Gasteiger partial charge on any atom is -0.490 e. The largest absolute Gasteiger partial charge is 0.490 e. The van der Waals surface area contributed by atoms with Crippen molar-refractivity contribution in [3.05, 3.63) is 28.2 Å². The van der Waals surface area contributed by atoms with E-state index in [1.54, 1.807) is 0 Å². The van der Waals surface area contributed by atoms with E-state index in [9.17, 15) is 0 Å². The van der Waals surface area contributed by atoms with Crippen LogP contribution < -0.4 is 4.74 Å². The van der Waals surface area contributed by atoms with E-state index in [0.29, 0.717) is 0 Å². The highest BCUT2D eigenvalue weighted by Gasteiger charge is 2.40. The molecule has 1 atom stereocenters. The molecule has 1 aromatic rings. The summed E-state index contributed by atoms with van der Waals surface area (Å²) in [6.07, 6.45) is 4.13. The molecule has 3 nitrogen and oxygen atoms in total. The van der Waals surface area contributed by atoms with E-state index >= 15 is 0 Å². The van der Waals surface area contributed by atoms with Gasteiger partial charge >= 0.3 is 0 Å². The molecule has 21 heavy (non-hydrogen) atoms. The Morgan fingerprint density at radius 3 is 2.81 bits per heavy atom. The fourth-order valence-electron chi connectivity index (χ4n) is 3.12. The molecule has 116 valence electrons. The first-order valence-electron chi connectivity index (χ1n) is 7.43. The quantitative estimate of drug-likeness (QED) is 0.677. The van der Waals surface area contributed by atoms with Gasteiger partial charge in [0.1, 0.15) is 11.9 Å². The Bertz CT molecular complexity index is 481. The van der Waals surface area contributed by atoms with Gasteiger partial charge in [-0.05, 0) is 31.0 Å². The summed E-state index contributed by atoms with van der Waals surface area (Å²) < 4.78 is 18.9.